The normalized spacial score (nSPS) is 17.2. The topological polar surface area (TPSA) is 49.3 Å². The third-order valence-corrected chi connectivity index (χ3v) is 3.70. The van der Waals surface area contributed by atoms with Gasteiger partial charge in [-0.05, 0) is 50.4 Å². The van der Waals surface area contributed by atoms with Crippen LogP contribution in [-0.2, 0) is 4.79 Å². The highest BCUT2D eigenvalue weighted by Crippen LogP contribution is 2.20. The molecule has 3 heteroatoms. The number of aliphatic hydroxyl groups is 1. The molecule has 0 spiro atoms. The number of hydrogen-bond acceptors (Lipinski definition) is 2. The predicted molar refractivity (Wildman–Crippen MR) is 78.8 cm³/mol. The van der Waals surface area contributed by atoms with Gasteiger partial charge in [-0.2, -0.15) is 0 Å². The molecule has 110 valence electrons. The molecule has 0 aliphatic heterocycles. The molecule has 0 saturated heterocycles. The van der Waals surface area contributed by atoms with E-state index in [2.05, 4.69) is 25.2 Å². The highest BCUT2D eigenvalue weighted by Gasteiger charge is 2.13. The number of carbonyl (C=O) groups is 1. The van der Waals surface area contributed by atoms with Crippen molar-refractivity contribution in [2.75, 3.05) is 13.2 Å². The summed E-state index contributed by atoms with van der Waals surface area (Å²) >= 11 is 0. The summed E-state index contributed by atoms with van der Waals surface area (Å²) in [7, 11) is 0. The summed E-state index contributed by atoms with van der Waals surface area (Å²) in [6.45, 7) is 5.27. The molecule has 1 atom stereocenters. The lowest BCUT2D eigenvalue weighted by Crippen LogP contribution is -2.30. The lowest BCUT2D eigenvalue weighted by atomic mass is 9.94. The summed E-state index contributed by atoms with van der Waals surface area (Å²) < 4.78 is 0. The monoisotopic (exact) mass is 267 g/mol. The lowest BCUT2D eigenvalue weighted by molar-refractivity contribution is -0.120. The zero-order valence-corrected chi connectivity index (χ0v) is 12.5. The number of carbonyl (C=O) groups excluding carboxylic acids is 1. The number of aliphatic hydroxyl groups excluding tert-OH is 1. The minimum Gasteiger partial charge on any atom is -0.396 e. The largest absolute Gasteiger partial charge is 0.396 e. The maximum atomic E-state index is 11.9. The van der Waals surface area contributed by atoms with Crippen molar-refractivity contribution in [1.29, 1.82) is 0 Å². The van der Waals surface area contributed by atoms with Crippen molar-refractivity contribution in [3.05, 3.63) is 11.6 Å². The Morgan fingerprint density at radius 3 is 2.79 bits per heavy atom. The van der Waals surface area contributed by atoms with Crippen molar-refractivity contribution < 1.29 is 9.90 Å². The van der Waals surface area contributed by atoms with Crippen LogP contribution < -0.4 is 5.32 Å². The Kier molecular flexibility index (Phi) is 7.80. The van der Waals surface area contributed by atoms with Gasteiger partial charge < -0.3 is 10.4 Å². The standard InChI is InChI=1S/C16H29NO2/c1-13(2)10-15(8-9-18)12-17-16(19)11-14-6-4-3-5-7-14/h6,13,15,18H,3-5,7-12H2,1-2H3,(H,17,19). The zero-order chi connectivity index (χ0) is 14.1. The van der Waals surface area contributed by atoms with Crippen molar-refractivity contribution in [1.82, 2.24) is 5.32 Å². The SMILES string of the molecule is CC(C)CC(CCO)CNC(=O)CC1=CCCCC1. The first-order valence-electron chi connectivity index (χ1n) is 7.67. The fourth-order valence-electron chi connectivity index (χ4n) is 2.74. The van der Waals surface area contributed by atoms with Crippen LogP contribution in [0, 0.1) is 11.8 Å². The summed E-state index contributed by atoms with van der Waals surface area (Å²) in [5, 5.41) is 12.1. The molecule has 19 heavy (non-hydrogen) atoms. The molecule has 2 N–H and O–H groups in total. The Morgan fingerprint density at radius 2 is 2.21 bits per heavy atom. The van der Waals surface area contributed by atoms with Crippen LogP contribution in [0.1, 0.15) is 58.8 Å². The van der Waals surface area contributed by atoms with E-state index in [4.69, 9.17) is 5.11 Å². The van der Waals surface area contributed by atoms with Gasteiger partial charge in [0.2, 0.25) is 5.91 Å². The Balaban J connectivity index is 2.28. The number of allylic oxidation sites excluding steroid dienone is 1. The number of amides is 1. The Morgan fingerprint density at radius 1 is 1.42 bits per heavy atom. The van der Waals surface area contributed by atoms with Gasteiger partial charge in [-0.1, -0.05) is 25.5 Å². The van der Waals surface area contributed by atoms with Crippen molar-refractivity contribution in [2.24, 2.45) is 11.8 Å². The molecule has 0 radical (unpaired) electrons. The fraction of sp³-hybridized carbons (Fsp3) is 0.812. The Bertz CT molecular complexity index is 297. The van der Waals surface area contributed by atoms with Crippen molar-refractivity contribution in [2.45, 2.75) is 58.8 Å². The smallest absolute Gasteiger partial charge is 0.224 e. The van der Waals surface area contributed by atoms with Gasteiger partial charge in [0.1, 0.15) is 0 Å². The third kappa shape index (κ3) is 7.36. The van der Waals surface area contributed by atoms with Gasteiger partial charge in [0.25, 0.3) is 0 Å². The molecule has 1 aliphatic rings. The molecule has 0 heterocycles. The second kappa shape index (κ2) is 9.13. The van der Waals surface area contributed by atoms with Crippen LogP contribution in [0.25, 0.3) is 0 Å². The van der Waals surface area contributed by atoms with E-state index < -0.39 is 0 Å². The molecule has 1 amide bonds. The summed E-state index contributed by atoms with van der Waals surface area (Å²) in [5.41, 5.74) is 1.30. The second-order valence-corrected chi connectivity index (χ2v) is 6.10. The summed E-state index contributed by atoms with van der Waals surface area (Å²) in [4.78, 5) is 11.9. The van der Waals surface area contributed by atoms with E-state index in [0.717, 1.165) is 25.7 Å². The highest BCUT2D eigenvalue weighted by atomic mass is 16.3. The molecule has 0 aromatic heterocycles. The van der Waals surface area contributed by atoms with E-state index >= 15 is 0 Å². The van der Waals surface area contributed by atoms with Gasteiger partial charge in [0.15, 0.2) is 0 Å². The number of rotatable bonds is 8. The number of hydrogen-bond donors (Lipinski definition) is 2. The maximum Gasteiger partial charge on any atom is 0.224 e. The van der Waals surface area contributed by atoms with Crippen LogP contribution in [0.2, 0.25) is 0 Å². The molecule has 1 rings (SSSR count). The summed E-state index contributed by atoms with van der Waals surface area (Å²) in [6.07, 6.45) is 9.32. The van der Waals surface area contributed by atoms with Gasteiger partial charge in [-0.15, -0.1) is 0 Å². The van der Waals surface area contributed by atoms with Crippen LogP contribution in [0.15, 0.2) is 11.6 Å². The van der Waals surface area contributed by atoms with Crippen LogP contribution in [0.3, 0.4) is 0 Å². The minimum absolute atomic E-state index is 0.139. The summed E-state index contributed by atoms with van der Waals surface area (Å²) in [6, 6.07) is 0. The molecule has 0 aromatic rings. The molecular weight excluding hydrogens is 238 g/mol. The molecule has 0 bridgehead atoms. The van der Waals surface area contributed by atoms with Crippen molar-refractivity contribution in [3.63, 3.8) is 0 Å². The Hall–Kier alpha value is -0.830. The van der Waals surface area contributed by atoms with Crippen molar-refractivity contribution >= 4 is 5.91 Å². The van der Waals surface area contributed by atoms with E-state index in [1.54, 1.807) is 0 Å². The van der Waals surface area contributed by atoms with Crippen LogP contribution in [0.4, 0.5) is 0 Å². The van der Waals surface area contributed by atoms with E-state index in [0.29, 0.717) is 24.8 Å². The predicted octanol–water partition coefficient (Wildman–Crippen LogP) is 3.04. The Labute approximate surface area is 117 Å². The van der Waals surface area contributed by atoms with E-state index in [9.17, 15) is 4.79 Å². The average Bonchev–Trinajstić information content (AvgIpc) is 2.37. The quantitative estimate of drug-likeness (QED) is 0.664. The highest BCUT2D eigenvalue weighted by molar-refractivity contribution is 5.78. The first-order valence-corrected chi connectivity index (χ1v) is 7.67. The first kappa shape index (κ1) is 16.2. The van der Waals surface area contributed by atoms with Crippen LogP contribution >= 0.6 is 0 Å². The van der Waals surface area contributed by atoms with Crippen LogP contribution in [0.5, 0.6) is 0 Å². The average molecular weight is 267 g/mol. The molecule has 3 nitrogen and oxygen atoms in total. The second-order valence-electron chi connectivity index (χ2n) is 6.10. The molecule has 1 unspecified atom stereocenters. The van der Waals surface area contributed by atoms with Crippen molar-refractivity contribution in [3.8, 4) is 0 Å². The molecule has 0 saturated carbocycles. The van der Waals surface area contributed by atoms with Gasteiger partial charge in [-0.25, -0.2) is 0 Å². The number of nitrogens with one attached hydrogen (secondary N) is 1. The molecule has 0 fully saturated rings. The zero-order valence-electron chi connectivity index (χ0n) is 12.5. The fourth-order valence-corrected chi connectivity index (χ4v) is 2.74. The first-order chi connectivity index (χ1) is 9.11. The molecule has 0 aromatic carbocycles. The molecular formula is C16H29NO2. The maximum absolute atomic E-state index is 11.9. The summed E-state index contributed by atoms with van der Waals surface area (Å²) in [5.74, 6) is 1.14. The van der Waals surface area contributed by atoms with Gasteiger partial charge in [0.05, 0.1) is 0 Å². The third-order valence-electron chi connectivity index (χ3n) is 3.70. The lowest BCUT2D eigenvalue weighted by Gasteiger charge is -2.19. The minimum atomic E-state index is 0.139. The van der Waals surface area contributed by atoms with Gasteiger partial charge in [0, 0.05) is 19.6 Å². The van der Waals surface area contributed by atoms with Crippen LogP contribution in [-0.4, -0.2) is 24.2 Å². The van der Waals surface area contributed by atoms with Gasteiger partial charge in [-0.3, -0.25) is 4.79 Å². The van der Waals surface area contributed by atoms with E-state index in [1.807, 2.05) is 0 Å². The molecule has 1 aliphatic carbocycles. The van der Waals surface area contributed by atoms with Gasteiger partial charge >= 0.3 is 0 Å². The van der Waals surface area contributed by atoms with E-state index in [1.165, 1.54) is 18.4 Å². The van der Waals surface area contributed by atoms with E-state index in [-0.39, 0.29) is 12.5 Å².